The molecule has 2 aliphatic carbocycles. The maximum Gasteiger partial charge on any atom is 0.273 e. The molecule has 0 radical (unpaired) electrons. The number of rotatable bonds is 4. The molecule has 5 nitrogen and oxygen atoms in total. The highest BCUT2D eigenvalue weighted by Crippen LogP contribution is 2.57. The number of nitrogens with zero attached hydrogens (tertiary/aromatic N) is 1. The molecular formula is C22H32N2O3. The second kappa shape index (κ2) is 6.92. The molecule has 148 valence electrons. The molecular weight excluding hydrogens is 340 g/mol. The number of carbonyl (C=O) groups is 1. The quantitative estimate of drug-likeness (QED) is 0.606. The summed E-state index contributed by atoms with van der Waals surface area (Å²) in [6, 6.07) is 3.97. The third kappa shape index (κ3) is 3.37. The Morgan fingerprint density at radius 1 is 1.33 bits per heavy atom. The summed E-state index contributed by atoms with van der Waals surface area (Å²) in [6.45, 7) is 10.9. The first-order valence-corrected chi connectivity index (χ1v) is 10.1. The minimum absolute atomic E-state index is 0.0110. The van der Waals surface area contributed by atoms with Gasteiger partial charge in [0.2, 0.25) is 5.91 Å². The first-order valence-electron chi connectivity index (χ1n) is 10.1. The number of nitrogens with one attached hydrogen (secondary N) is 1. The molecule has 3 atom stereocenters. The van der Waals surface area contributed by atoms with E-state index in [2.05, 4.69) is 25.2 Å². The van der Waals surface area contributed by atoms with E-state index in [4.69, 9.17) is 0 Å². The van der Waals surface area contributed by atoms with E-state index in [0.29, 0.717) is 12.5 Å². The number of carbonyl (C=O) groups excluding carboxylic acids is 1. The molecule has 0 aromatic heterocycles. The van der Waals surface area contributed by atoms with Crippen molar-refractivity contribution in [2.24, 2.45) is 11.3 Å². The van der Waals surface area contributed by atoms with Gasteiger partial charge in [0.15, 0.2) is 0 Å². The van der Waals surface area contributed by atoms with Crippen LogP contribution in [0.3, 0.4) is 0 Å². The van der Waals surface area contributed by atoms with Gasteiger partial charge in [0, 0.05) is 25.1 Å². The third-order valence-corrected chi connectivity index (χ3v) is 7.18. The van der Waals surface area contributed by atoms with Crippen molar-refractivity contribution < 1.29 is 9.72 Å². The highest BCUT2D eigenvalue weighted by atomic mass is 16.6. The average Bonchev–Trinajstić information content (AvgIpc) is 2.58. The van der Waals surface area contributed by atoms with Gasteiger partial charge >= 0.3 is 0 Å². The van der Waals surface area contributed by atoms with Crippen molar-refractivity contribution in [2.75, 3.05) is 6.54 Å². The number of hydrogen-bond acceptors (Lipinski definition) is 3. The van der Waals surface area contributed by atoms with E-state index in [0.717, 1.165) is 37.7 Å². The van der Waals surface area contributed by atoms with Crippen molar-refractivity contribution in [2.45, 2.75) is 78.1 Å². The number of aryl methyl sites for hydroxylation is 1. The Hall–Kier alpha value is -1.91. The van der Waals surface area contributed by atoms with Gasteiger partial charge < -0.3 is 5.32 Å². The molecule has 0 bridgehead atoms. The summed E-state index contributed by atoms with van der Waals surface area (Å²) in [5.74, 6) is 0.567. The number of hydrogen-bond donors (Lipinski definition) is 1. The molecule has 0 spiro atoms. The number of nitro benzene ring substituents is 1. The Morgan fingerprint density at radius 2 is 2.04 bits per heavy atom. The zero-order valence-electron chi connectivity index (χ0n) is 17.2. The summed E-state index contributed by atoms with van der Waals surface area (Å²) < 4.78 is 0. The monoisotopic (exact) mass is 372 g/mol. The lowest BCUT2D eigenvalue weighted by Crippen LogP contribution is -2.53. The van der Waals surface area contributed by atoms with E-state index >= 15 is 0 Å². The molecule has 1 fully saturated rings. The van der Waals surface area contributed by atoms with Gasteiger partial charge in [-0.1, -0.05) is 34.1 Å². The van der Waals surface area contributed by atoms with Crippen LogP contribution in [0.15, 0.2) is 12.1 Å². The Kier molecular flexibility index (Phi) is 5.08. The fraction of sp³-hybridized carbons (Fsp3) is 0.682. The Bertz CT molecular complexity index is 773. The van der Waals surface area contributed by atoms with Crippen LogP contribution in [0, 0.1) is 21.4 Å². The molecule has 1 amide bonds. The molecule has 1 N–H and O–H groups in total. The molecule has 0 unspecified atom stereocenters. The molecule has 0 heterocycles. The fourth-order valence-corrected chi connectivity index (χ4v) is 5.82. The summed E-state index contributed by atoms with van der Waals surface area (Å²) in [5.41, 5.74) is 3.52. The standard InChI is InChI=1S/C22H32N2O3/c1-14(2)17-11-16-7-8-20-21(4,13-23-15(3)25)9-6-10-22(20,5)18(16)12-19(17)24(26)27/h11-12,14,20H,6-10,13H2,1-5H3,(H,23,25)/t20-,21-,22+/m0/s1. The van der Waals surface area contributed by atoms with Crippen LogP contribution in [0.4, 0.5) is 5.69 Å². The van der Waals surface area contributed by atoms with E-state index in [1.807, 2.05) is 19.9 Å². The first-order chi connectivity index (χ1) is 12.6. The lowest BCUT2D eigenvalue weighted by molar-refractivity contribution is -0.385. The van der Waals surface area contributed by atoms with Crippen LogP contribution in [-0.4, -0.2) is 17.4 Å². The van der Waals surface area contributed by atoms with Crippen molar-refractivity contribution in [3.63, 3.8) is 0 Å². The summed E-state index contributed by atoms with van der Waals surface area (Å²) >= 11 is 0. The Balaban J connectivity index is 2.07. The van der Waals surface area contributed by atoms with Crippen LogP contribution in [-0.2, 0) is 16.6 Å². The van der Waals surface area contributed by atoms with E-state index in [-0.39, 0.29) is 33.3 Å². The second-order valence-electron chi connectivity index (χ2n) is 9.41. The topological polar surface area (TPSA) is 72.2 Å². The predicted molar refractivity (Wildman–Crippen MR) is 107 cm³/mol. The molecule has 1 aromatic rings. The van der Waals surface area contributed by atoms with Crippen LogP contribution in [0.5, 0.6) is 0 Å². The van der Waals surface area contributed by atoms with Gasteiger partial charge in [-0.05, 0) is 65.5 Å². The zero-order valence-corrected chi connectivity index (χ0v) is 17.2. The van der Waals surface area contributed by atoms with E-state index in [9.17, 15) is 14.9 Å². The van der Waals surface area contributed by atoms with Crippen molar-refractivity contribution in [1.82, 2.24) is 5.32 Å². The minimum atomic E-state index is -0.220. The van der Waals surface area contributed by atoms with Crippen molar-refractivity contribution >= 4 is 11.6 Å². The number of amides is 1. The highest BCUT2D eigenvalue weighted by molar-refractivity contribution is 5.72. The molecule has 1 aromatic carbocycles. The minimum Gasteiger partial charge on any atom is -0.356 e. The van der Waals surface area contributed by atoms with E-state index in [1.54, 1.807) is 6.92 Å². The summed E-state index contributed by atoms with van der Waals surface area (Å²) in [4.78, 5) is 23.0. The normalized spacial score (nSPS) is 29.8. The molecule has 0 aliphatic heterocycles. The maximum absolute atomic E-state index is 11.7. The summed E-state index contributed by atoms with van der Waals surface area (Å²) in [7, 11) is 0. The predicted octanol–water partition coefficient (Wildman–Crippen LogP) is 4.86. The maximum atomic E-state index is 11.7. The molecule has 1 saturated carbocycles. The van der Waals surface area contributed by atoms with Crippen LogP contribution >= 0.6 is 0 Å². The second-order valence-corrected chi connectivity index (χ2v) is 9.41. The van der Waals surface area contributed by atoms with Crippen LogP contribution in [0.25, 0.3) is 0 Å². The van der Waals surface area contributed by atoms with Gasteiger partial charge in [-0.2, -0.15) is 0 Å². The third-order valence-electron chi connectivity index (χ3n) is 7.18. The SMILES string of the molecule is CC(=O)NC[C@]1(C)CCC[C@]2(C)c3cc([N+](=O)[O-])c(C(C)C)cc3CC[C@@H]12. The van der Waals surface area contributed by atoms with Gasteiger partial charge in [-0.3, -0.25) is 14.9 Å². The molecule has 3 rings (SSSR count). The first kappa shape index (κ1) is 19.8. The van der Waals surface area contributed by atoms with Gasteiger partial charge in [0.05, 0.1) is 4.92 Å². The lowest BCUT2D eigenvalue weighted by Gasteiger charge is -2.55. The Labute approximate surface area is 162 Å². The number of nitro groups is 1. The van der Waals surface area contributed by atoms with E-state index in [1.165, 1.54) is 11.1 Å². The van der Waals surface area contributed by atoms with E-state index < -0.39 is 0 Å². The smallest absolute Gasteiger partial charge is 0.273 e. The van der Waals surface area contributed by atoms with Crippen molar-refractivity contribution in [3.05, 3.63) is 38.9 Å². The average molecular weight is 373 g/mol. The van der Waals surface area contributed by atoms with Gasteiger partial charge in [0.25, 0.3) is 5.69 Å². The molecule has 0 saturated heterocycles. The van der Waals surface area contributed by atoms with Crippen LogP contribution in [0.1, 0.15) is 82.9 Å². The Morgan fingerprint density at radius 3 is 2.63 bits per heavy atom. The van der Waals surface area contributed by atoms with Crippen LogP contribution in [0.2, 0.25) is 0 Å². The fourth-order valence-electron chi connectivity index (χ4n) is 5.82. The summed E-state index contributed by atoms with van der Waals surface area (Å²) in [6.07, 6.45) is 5.27. The van der Waals surface area contributed by atoms with Gasteiger partial charge in [-0.25, -0.2) is 0 Å². The van der Waals surface area contributed by atoms with Crippen molar-refractivity contribution in [1.29, 1.82) is 0 Å². The molecule has 27 heavy (non-hydrogen) atoms. The number of fused-ring (bicyclic) bond motifs is 3. The number of benzene rings is 1. The zero-order chi connectivity index (χ0) is 20.0. The van der Waals surface area contributed by atoms with Crippen molar-refractivity contribution in [3.8, 4) is 0 Å². The molecule has 5 heteroatoms. The largest absolute Gasteiger partial charge is 0.356 e. The summed E-state index contributed by atoms with van der Waals surface area (Å²) in [5, 5.41) is 14.8. The highest BCUT2D eigenvalue weighted by Gasteiger charge is 2.52. The lowest BCUT2D eigenvalue weighted by atomic mass is 9.49. The van der Waals surface area contributed by atoms with Crippen LogP contribution < -0.4 is 5.32 Å². The molecule has 2 aliphatic rings. The van der Waals surface area contributed by atoms with Gasteiger partial charge in [-0.15, -0.1) is 0 Å². The van der Waals surface area contributed by atoms with Gasteiger partial charge in [0.1, 0.15) is 0 Å².